The van der Waals surface area contributed by atoms with E-state index in [9.17, 15) is 8.42 Å². The van der Waals surface area contributed by atoms with Crippen LogP contribution in [0.25, 0.3) is 11.1 Å². The van der Waals surface area contributed by atoms with Gasteiger partial charge in [-0.3, -0.25) is 4.72 Å². The molecule has 0 aliphatic carbocycles. The fraction of sp³-hybridized carbons (Fsp3) is 0.188. The van der Waals surface area contributed by atoms with Gasteiger partial charge in [-0.2, -0.15) is 0 Å². The maximum absolute atomic E-state index is 12.6. The Hall–Kier alpha value is -2.74. The SMILES string of the molecule is COc1ccc(S(=O)(=O)Nc2ccc3oc(C)nc3c2)c(OC)c1. The van der Waals surface area contributed by atoms with Crippen molar-refractivity contribution < 1.29 is 22.3 Å². The van der Waals surface area contributed by atoms with Crippen molar-refractivity contribution in [1.29, 1.82) is 0 Å². The highest BCUT2D eigenvalue weighted by atomic mass is 32.2. The van der Waals surface area contributed by atoms with E-state index in [4.69, 9.17) is 13.9 Å². The van der Waals surface area contributed by atoms with Gasteiger partial charge in [0.1, 0.15) is 21.9 Å². The van der Waals surface area contributed by atoms with Crippen LogP contribution in [0.2, 0.25) is 0 Å². The molecule has 0 aliphatic heterocycles. The van der Waals surface area contributed by atoms with Gasteiger partial charge in [-0.25, -0.2) is 13.4 Å². The average molecular weight is 348 g/mol. The molecule has 1 heterocycles. The van der Waals surface area contributed by atoms with Gasteiger partial charge in [-0.05, 0) is 30.3 Å². The number of oxazole rings is 1. The summed E-state index contributed by atoms with van der Waals surface area (Å²) in [5.41, 5.74) is 1.56. The standard InChI is InChI=1S/C16H16N2O5S/c1-10-17-13-8-11(4-6-14(13)23-10)18-24(19,20)16-7-5-12(21-2)9-15(16)22-3/h4-9,18H,1-3H3. The third-order valence-corrected chi connectivity index (χ3v) is 4.83. The van der Waals surface area contributed by atoms with Crippen molar-refractivity contribution in [3.8, 4) is 11.5 Å². The molecule has 3 rings (SSSR count). The summed E-state index contributed by atoms with van der Waals surface area (Å²) >= 11 is 0. The molecular formula is C16H16N2O5S. The number of hydrogen-bond acceptors (Lipinski definition) is 6. The van der Waals surface area contributed by atoms with Gasteiger partial charge in [0.05, 0.1) is 19.9 Å². The lowest BCUT2D eigenvalue weighted by atomic mass is 10.3. The zero-order valence-electron chi connectivity index (χ0n) is 13.4. The van der Waals surface area contributed by atoms with E-state index >= 15 is 0 Å². The molecule has 126 valence electrons. The Kier molecular flexibility index (Phi) is 4.06. The number of benzene rings is 2. The lowest BCUT2D eigenvalue weighted by molar-refractivity contribution is 0.386. The first-order valence-corrected chi connectivity index (χ1v) is 8.53. The number of aryl methyl sites for hydroxylation is 1. The van der Waals surface area contributed by atoms with Crippen molar-refractivity contribution in [1.82, 2.24) is 4.98 Å². The van der Waals surface area contributed by atoms with Crippen molar-refractivity contribution >= 4 is 26.8 Å². The van der Waals surface area contributed by atoms with Crippen LogP contribution < -0.4 is 14.2 Å². The summed E-state index contributed by atoms with van der Waals surface area (Å²) in [4.78, 5) is 4.21. The van der Waals surface area contributed by atoms with Gasteiger partial charge in [-0.1, -0.05) is 0 Å². The fourth-order valence-electron chi connectivity index (χ4n) is 2.31. The molecule has 0 unspecified atom stereocenters. The van der Waals surface area contributed by atoms with Gasteiger partial charge >= 0.3 is 0 Å². The first kappa shape index (κ1) is 16.1. The van der Waals surface area contributed by atoms with Crippen molar-refractivity contribution in [2.24, 2.45) is 0 Å². The van der Waals surface area contributed by atoms with E-state index in [2.05, 4.69) is 9.71 Å². The van der Waals surface area contributed by atoms with Gasteiger partial charge in [0.15, 0.2) is 11.5 Å². The number of rotatable bonds is 5. The Morgan fingerprint density at radius 2 is 1.88 bits per heavy atom. The molecule has 2 aromatic carbocycles. The van der Waals surface area contributed by atoms with E-state index in [0.717, 1.165) is 0 Å². The van der Waals surface area contributed by atoms with Gasteiger partial charge in [0.25, 0.3) is 10.0 Å². The Morgan fingerprint density at radius 3 is 2.58 bits per heavy atom. The highest BCUT2D eigenvalue weighted by Gasteiger charge is 2.20. The fourth-order valence-corrected chi connectivity index (χ4v) is 3.51. The van der Waals surface area contributed by atoms with Crippen LogP contribution in [0.1, 0.15) is 5.89 Å². The molecule has 8 heteroatoms. The molecule has 7 nitrogen and oxygen atoms in total. The molecule has 1 N–H and O–H groups in total. The third kappa shape index (κ3) is 3.00. The van der Waals surface area contributed by atoms with E-state index < -0.39 is 10.0 Å². The number of hydrogen-bond donors (Lipinski definition) is 1. The van der Waals surface area contributed by atoms with Crippen molar-refractivity contribution in [3.63, 3.8) is 0 Å². The van der Waals surface area contributed by atoms with E-state index in [-0.39, 0.29) is 10.6 Å². The number of aromatic nitrogens is 1. The van der Waals surface area contributed by atoms with E-state index in [0.29, 0.717) is 28.4 Å². The van der Waals surface area contributed by atoms with Crippen LogP contribution in [0, 0.1) is 6.92 Å². The number of anilines is 1. The monoisotopic (exact) mass is 348 g/mol. The summed E-state index contributed by atoms with van der Waals surface area (Å²) in [5, 5.41) is 0. The molecule has 0 amide bonds. The summed E-state index contributed by atoms with van der Waals surface area (Å²) in [5.74, 6) is 1.22. The third-order valence-electron chi connectivity index (χ3n) is 3.41. The Bertz CT molecular complexity index is 995. The quantitative estimate of drug-likeness (QED) is 0.762. The maximum Gasteiger partial charge on any atom is 0.265 e. The van der Waals surface area contributed by atoms with Crippen LogP contribution in [-0.2, 0) is 10.0 Å². The molecule has 0 saturated heterocycles. The Morgan fingerprint density at radius 1 is 1.08 bits per heavy atom. The van der Waals surface area contributed by atoms with Crippen molar-refractivity contribution in [3.05, 3.63) is 42.3 Å². The molecular weight excluding hydrogens is 332 g/mol. The lowest BCUT2D eigenvalue weighted by Gasteiger charge is -2.12. The largest absolute Gasteiger partial charge is 0.497 e. The first-order chi connectivity index (χ1) is 11.4. The van der Waals surface area contributed by atoms with Gasteiger partial charge in [0, 0.05) is 13.0 Å². The van der Waals surface area contributed by atoms with E-state index in [1.807, 2.05) is 0 Å². The molecule has 3 aromatic rings. The number of nitrogens with zero attached hydrogens (tertiary/aromatic N) is 1. The lowest BCUT2D eigenvalue weighted by Crippen LogP contribution is -2.14. The topological polar surface area (TPSA) is 90.7 Å². The predicted molar refractivity (Wildman–Crippen MR) is 89.1 cm³/mol. The Labute approximate surface area is 139 Å². The molecule has 0 radical (unpaired) electrons. The summed E-state index contributed by atoms with van der Waals surface area (Å²) < 4.78 is 43.4. The summed E-state index contributed by atoms with van der Waals surface area (Å²) in [6.45, 7) is 1.73. The second-order valence-corrected chi connectivity index (χ2v) is 6.69. The summed E-state index contributed by atoms with van der Waals surface area (Å²) in [6.07, 6.45) is 0. The Balaban J connectivity index is 1.97. The average Bonchev–Trinajstić information content (AvgIpc) is 2.93. The van der Waals surface area contributed by atoms with Crippen LogP contribution in [0.4, 0.5) is 5.69 Å². The number of ether oxygens (including phenoxy) is 2. The molecule has 0 aliphatic rings. The van der Waals surface area contributed by atoms with Crippen LogP contribution in [0.15, 0.2) is 45.7 Å². The molecule has 1 aromatic heterocycles. The van der Waals surface area contributed by atoms with Gasteiger partial charge in [0.2, 0.25) is 0 Å². The van der Waals surface area contributed by atoms with Crippen LogP contribution >= 0.6 is 0 Å². The van der Waals surface area contributed by atoms with Crippen molar-refractivity contribution in [2.45, 2.75) is 11.8 Å². The van der Waals surface area contributed by atoms with E-state index in [1.54, 1.807) is 31.2 Å². The van der Waals surface area contributed by atoms with Crippen LogP contribution in [-0.4, -0.2) is 27.6 Å². The molecule has 0 spiro atoms. The second-order valence-electron chi connectivity index (χ2n) is 5.04. The second kappa shape index (κ2) is 6.04. The molecule has 0 atom stereocenters. The van der Waals surface area contributed by atoms with Gasteiger partial charge in [-0.15, -0.1) is 0 Å². The highest BCUT2D eigenvalue weighted by molar-refractivity contribution is 7.92. The molecule has 0 fully saturated rings. The van der Waals surface area contributed by atoms with Crippen LogP contribution in [0.3, 0.4) is 0 Å². The zero-order chi connectivity index (χ0) is 17.3. The summed E-state index contributed by atoms with van der Waals surface area (Å²) in [6, 6.07) is 9.39. The highest BCUT2D eigenvalue weighted by Crippen LogP contribution is 2.30. The minimum Gasteiger partial charge on any atom is -0.497 e. The van der Waals surface area contributed by atoms with Crippen LogP contribution in [0.5, 0.6) is 11.5 Å². The number of nitrogens with one attached hydrogen (secondary N) is 1. The maximum atomic E-state index is 12.6. The number of fused-ring (bicyclic) bond motifs is 1. The number of methoxy groups -OCH3 is 2. The minimum absolute atomic E-state index is 0.0160. The van der Waals surface area contributed by atoms with E-state index in [1.165, 1.54) is 26.4 Å². The molecule has 0 saturated carbocycles. The van der Waals surface area contributed by atoms with Crippen molar-refractivity contribution in [2.75, 3.05) is 18.9 Å². The molecule has 24 heavy (non-hydrogen) atoms. The van der Waals surface area contributed by atoms with Gasteiger partial charge < -0.3 is 13.9 Å². The summed E-state index contributed by atoms with van der Waals surface area (Å²) in [7, 11) is -0.935. The normalized spacial score (nSPS) is 11.5. The first-order valence-electron chi connectivity index (χ1n) is 7.05. The number of sulfonamides is 1. The molecule has 0 bridgehead atoms. The zero-order valence-corrected chi connectivity index (χ0v) is 14.2. The smallest absolute Gasteiger partial charge is 0.265 e. The minimum atomic E-state index is -3.83. The predicted octanol–water partition coefficient (Wildman–Crippen LogP) is 2.95.